The Hall–Kier alpha value is -1.84. The lowest BCUT2D eigenvalue weighted by atomic mass is 10.1. The van der Waals surface area contributed by atoms with Crippen LogP contribution in [0.5, 0.6) is 0 Å². The Morgan fingerprint density at radius 3 is 2.37 bits per heavy atom. The number of carbonyl (C=O) groups is 2. The molecule has 104 valence electrons. The van der Waals surface area contributed by atoms with Crippen LogP contribution in [0, 0.1) is 0 Å². The van der Waals surface area contributed by atoms with Gasteiger partial charge in [0.1, 0.15) is 0 Å². The molecule has 1 aromatic carbocycles. The first-order chi connectivity index (χ1) is 9.11. The molecule has 0 heterocycles. The highest BCUT2D eigenvalue weighted by Gasteiger charge is 2.04. The molecule has 0 spiro atoms. The van der Waals surface area contributed by atoms with E-state index in [1.165, 1.54) is 18.4 Å². The van der Waals surface area contributed by atoms with Gasteiger partial charge in [-0.3, -0.25) is 9.59 Å². The van der Waals surface area contributed by atoms with Crippen LogP contribution in [-0.2, 0) is 16.0 Å². The Labute approximate surface area is 113 Å². The van der Waals surface area contributed by atoms with Crippen LogP contribution in [-0.4, -0.2) is 17.0 Å². The number of rotatable bonds is 8. The van der Waals surface area contributed by atoms with Gasteiger partial charge in [0.2, 0.25) is 5.91 Å². The number of hydrogen-bond acceptors (Lipinski definition) is 2. The summed E-state index contributed by atoms with van der Waals surface area (Å²) in [6.07, 6.45) is 4.04. The zero-order chi connectivity index (χ0) is 14.1. The third-order valence-corrected chi connectivity index (χ3v) is 2.85. The molecule has 0 aliphatic rings. The number of carboxylic acids is 1. The van der Waals surface area contributed by atoms with Crippen molar-refractivity contribution in [2.24, 2.45) is 0 Å². The molecule has 0 radical (unpaired) electrons. The second-order valence-corrected chi connectivity index (χ2v) is 4.60. The quantitative estimate of drug-likeness (QED) is 0.756. The van der Waals surface area contributed by atoms with Crippen LogP contribution in [0.25, 0.3) is 0 Å². The Kier molecular flexibility index (Phi) is 6.64. The molecule has 0 aliphatic carbocycles. The molecule has 0 atom stereocenters. The van der Waals surface area contributed by atoms with E-state index in [9.17, 15) is 9.59 Å². The molecule has 0 fully saturated rings. The van der Waals surface area contributed by atoms with Gasteiger partial charge in [-0.05, 0) is 37.0 Å². The van der Waals surface area contributed by atoms with Gasteiger partial charge in [0.25, 0.3) is 0 Å². The fourth-order valence-corrected chi connectivity index (χ4v) is 1.76. The number of carboxylic acid groups (broad SMARTS) is 1. The molecule has 0 unspecified atom stereocenters. The summed E-state index contributed by atoms with van der Waals surface area (Å²) in [5.41, 5.74) is 2.03. The van der Waals surface area contributed by atoms with Crippen molar-refractivity contribution < 1.29 is 14.7 Å². The molecule has 0 saturated heterocycles. The van der Waals surface area contributed by atoms with Gasteiger partial charge in [-0.2, -0.15) is 0 Å². The lowest BCUT2D eigenvalue weighted by Crippen LogP contribution is -2.11. The topological polar surface area (TPSA) is 66.4 Å². The van der Waals surface area contributed by atoms with Crippen molar-refractivity contribution in [1.29, 1.82) is 0 Å². The van der Waals surface area contributed by atoms with Crippen molar-refractivity contribution in [3.05, 3.63) is 29.8 Å². The van der Waals surface area contributed by atoms with E-state index in [1.807, 2.05) is 24.3 Å². The molecule has 0 aromatic heterocycles. The molecule has 1 aromatic rings. The molecule has 2 N–H and O–H groups in total. The van der Waals surface area contributed by atoms with E-state index in [4.69, 9.17) is 5.11 Å². The van der Waals surface area contributed by atoms with Crippen molar-refractivity contribution in [1.82, 2.24) is 0 Å². The lowest BCUT2D eigenvalue weighted by Gasteiger charge is -2.06. The minimum atomic E-state index is -0.868. The first kappa shape index (κ1) is 15.2. The van der Waals surface area contributed by atoms with Gasteiger partial charge >= 0.3 is 5.97 Å². The van der Waals surface area contributed by atoms with E-state index in [-0.39, 0.29) is 18.7 Å². The van der Waals surface area contributed by atoms with E-state index < -0.39 is 5.97 Å². The van der Waals surface area contributed by atoms with Gasteiger partial charge in [-0.15, -0.1) is 0 Å². The first-order valence-electron chi connectivity index (χ1n) is 6.72. The molecule has 0 saturated carbocycles. The van der Waals surface area contributed by atoms with E-state index in [2.05, 4.69) is 12.2 Å². The fraction of sp³-hybridized carbons (Fsp3) is 0.467. The molecule has 0 bridgehead atoms. The van der Waals surface area contributed by atoms with E-state index in [0.29, 0.717) is 6.42 Å². The maximum absolute atomic E-state index is 11.5. The van der Waals surface area contributed by atoms with Crippen molar-refractivity contribution in [2.45, 2.75) is 45.4 Å². The Morgan fingerprint density at radius 2 is 1.79 bits per heavy atom. The van der Waals surface area contributed by atoms with Gasteiger partial charge in [-0.1, -0.05) is 25.5 Å². The summed E-state index contributed by atoms with van der Waals surface area (Å²) < 4.78 is 0. The fourth-order valence-electron chi connectivity index (χ4n) is 1.76. The molecular weight excluding hydrogens is 242 g/mol. The lowest BCUT2D eigenvalue weighted by molar-refractivity contribution is -0.137. The van der Waals surface area contributed by atoms with Crippen molar-refractivity contribution >= 4 is 17.6 Å². The van der Waals surface area contributed by atoms with Crippen molar-refractivity contribution in [3.8, 4) is 0 Å². The first-order valence-corrected chi connectivity index (χ1v) is 6.72. The number of aryl methyl sites for hydroxylation is 1. The summed E-state index contributed by atoms with van der Waals surface area (Å²) in [7, 11) is 0. The molecule has 0 aliphatic heterocycles. The van der Waals surface area contributed by atoms with Crippen LogP contribution < -0.4 is 5.32 Å². The number of benzene rings is 1. The average Bonchev–Trinajstić information content (AvgIpc) is 2.37. The predicted molar refractivity (Wildman–Crippen MR) is 75.2 cm³/mol. The number of anilines is 1. The van der Waals surface area contributed by atoms with Crippen LogP contribution in [0.2, 0.25) is 0 Å². The highest BCUT2D eigenvalue weighted by Crippen LogP contribution is 2.12. The standard InChI is InChI=1S/C15H21NO3/c1-2-3-5-12-8-10-13(11-9-12)16-14(17)6-4-7-15(18)19/h8-11H,2-7H2,1H3,(H,16,17)(H,18,19). The van der Waals surface area contributed by atoms with E-state index in [0.717, 1.165) is 12.1 Å². The van der Waals surface area contributed by atoms with E-state index in [1.54, 1.807) is 0 Å². The molecule has 1 rings (SSSR count). The Bertz CT molecular complexity index is 412. The van der Waals surface area contributed by atoms with Crippen LogP contribution >= 0.6 is 0 Å². The normalized spacial score (nSPS) is 10.2. The van der Waals surface area contributed by atoms with Crippen molar-refractivity contribution in [2.75, 3.05) is 5.32 Å². The van der Waals surface area contributed by atoms with Gasteiger partial charge in [-0.25, -0.2) is 0 Å². The van der Waals surface area contributed by atoms with Gasteiger partial charge in [0.15, 0.2) is 0 Å². The van der Waals surface area contributed by atoms with Crippen LogP contribution in [0.3, 0.4) is 0 Å². The molecule has 4 heteroatoms. The molecule has 1 amide bonds. The van der Waals surface area contributed by atoms with Gasteiger partial charge < -0.3 is 10.4 Å². The summed E-state index contributed by atoms with van der Waals surface area (Å²) in [6, 6.07) is 7.81. The smallest absolute Gasteiger partial charge is 0.303 e. The van der Waals surface area contributed by atoms with E-state index >= 15 is 0 Å². The predicted octanol–water partition coefficient (Wildman–Crippen LogP) is 3.22. The van der Waals surface area contributed by atoms with Crippen LogP contribution in [0.1, 0.15) is 44.6 Å². The second kappa shape index (κ2) is 8.29. The minimum absolute atomic E-state index is 0.0311. The molecule has 19 heavy (non-hydrogen) atoms. The highest BCUT2D eigenvalue weighted by atomic mass is 16.4. The number of carbonyl (C=O) groups excluding carboxylic acids is 1. The summed E-state index contributed by atoms with van der Waals surface area (Å²) in [5, 5.41) is 11.3. The summed E-state index contributed by atoms with van der Waals surface area (Å²) in [5.74, 6) is -1.00. The third kappa shape index (κ3) is 6.60. The number of hydrogen-bond donors (Lipinski definition) is 2. The molecule has 4 nitrogen and oxygen atoms in total. The SMILES string of the molecule is CCCCc1ccc(NC(=O)CCCC(=O)O)cc1. The maximum Gasteiger partial charge on any atom is 0.303 e. The zero-order valence-corrected chi connectivity index (χ0v) is 11.3. The molecular formula is C15H21NO3. The number of unbranched alkanes of at least 4 members (excludes halogenated alkanes) is 1. The Balaban J connectivity index is 2.35. The highest BCUT2D eigenvalue weighted by molar-refractivity contribution is 5.90. The average molecular weight is 263 g/mol. The number of nitrogens with one attached hydrogen (secondary N) is 1. The minimum Gasteiger partial charge on any atom is -0.481 e. The summed E-state index contributed by atoms with van der Waals surface area (Å²) in [4.78, 5) is 21.9. The number of aliphatic carboxylic acids is 1. The zero-order valence-electron chi connectivity index (χ0n) is 11.3. The monoisotopic (exact) mass is 263 g/mol. The van der Waals surface area contributed by atoms with Crippen LogP contribution in [0.4, 0.5) is 5.69 Å². The largest absolute Gasteiger partial charge is 0.481 e. The third-order valence-electron chi connectivity index (χ3n) is 2.85. The van der Waals surface area contributed by atoms with Gasteiger partial charge in [0, 0.05) is 18.5 Å². The summed E-state index contributed by atoms with van der Waals surface area (Å²) in [6.45, 7) is 2.16. The number of amides is 1. The summed E-state index contributed by atoms with van der Waals surface area (Å²) >= 11 is 0. The second-order valence-electron chi connectivity index (χ2n) is 4.60. The van der Waals surface area contributed by atoms with Crippen molar-refractivity contribution in [3.63, 3.8) is 0 Å². The maximum atomic E-state index is 11.5. The van der Waals surface area contributed by atoms with Crippen LogP contribution in [0.15, 0.2) is 24.3 Å². The Morgan fingerprint density at radius 1 is 1.11 bits per heavy atom. The van der Waals surface area contributed by atoms with Gasteiger partial charge in [0.05, 0.1) is 0 Å².